The molecule has 0 saturated carbocycles. The van der Waals surface area contributed by atoms with E-state index in [9.17, 15) is 9.59 Å². The SMILES string of the molecule is CCC1=CC2N=CC(CN3CC[C@@H](Oc4ccc(C(=O)NC)nc4)C3)=CC2=NC1=O. The fourth-order valence-corrected chi connectivity index (χ4v) is 3.80. The molecule has 4 heterocycles. The molecule has 0 bridgehead atoms. The van der Waals surface area contributed by atoms with E-state index in [4.69, 9.17) is 4.74 Å². The number of nitrogens with one attached hydrogen (secondary N) is 1. The first-order chi connectivity index (χ1) is 14.6. The fraction of sp³-hybridized carbons (Fsp3) is 0.409. The van der Waals surface area contributed by atoms with Gasteiger partial charge in [-0.05, 0) is 42.7 Å². The number of aromatic nitrogens is 1. The maximum atomic E-state index is 12.0. The van der Waals surface area contributed by atoms with Gasteiger partial charge in [-0.2, -0.15) is 0 Å². The molecule has 8 nitrogen and oxygen atoms in total. The topological polar surface area (TPSA) is 96.2 Å². The predicted molar refractivity (Wildman–Crippen MR) is 114 cm³/mol. The van der Waals surface area contributed by atoms with Crippen molar-refractivity contribution in [2.24, 2.45) is 9.98 Å². The summed E-state index contributed by atoms with van der Waals surface area (Å²) in [4.78, 5) is 38.8. The standard InChI is InChI=1S/C22H25N5O3/c1-3-15-9-19-20(26-21(15)28)8-14(10-24-19)12-27-7-6-17(13-27)30-16-4-5-18(25-11-16)22(29)23-2/h4-5,8-11,17,19H,3,6-7,12-13H2,1-2H3,(H,23,29)/t17-,19?/m1/s1. The van der Waals surface area contributed by atoms with Crippen LogP contribution in [0.5, 0.6) is 5.75 Å². The highest BCUT2D eigenvalue weighted by Crippen LogP contribution is 2.21. The second-order valence-corrected chi connectivity index (χ2v) is 7.55. The third-order valence-corrected chi connectivity index (χ3v) is 5.42. The first-order valence-corrected chi connectivity index (χ1v) is 10.2. The Balaban J connectivity index is 1.32. The van der Waals surface area contributed by atoms with Gasteiger partial charge in [0.1, 0.15) is 23.6 Å². The van der Waals surface area contributed by atoms with Crippen molar-refractivity contribution < 1.29 is 14.3 Å². The van der Waals surface area contributed by atoms with Crippen molar-refractivity contribution in [1.82, 2.24) is 15.2 Å². The number of carbonyl (C=O) groups is 2. The van der Waals surface area contributed by atoms with Gasteiger partial charge in [0.2, 0.25) is 0 Å². The Morgan fingerprint density at radius 3 is 2.97 bits per heavy atom. The number of carbonyl (C=O) groups excluding carboxylic acids is 2. The quantitative estimate of drug-likeness (QED) is 0.773. The molecule has 1 fully saturated rings. The van der Waals surface area contributed by atoms with Crippen LogP contribution in [0.1, 0.15) is 30.3 Å². The zero-order valence-corrected chi connectivity index (χ0v) is 17.2. The van der Waals surface area contributed by atoms with Crippen molar-refractivity contribution >= 4 is 23.7 Å². The minimum atomic E-state index is -0.219. The van der Waals surface area contributed by atoms with E-state index in [0.717, 1.165) is 42.9 Å². The molecule has 3 aliphatic heterocycles. The van der Waals surface area contributed by atoms with E-state index in [0.29, 0.717) is 17.9 Å². The summed E-state index contributed by atoms with van der Waals surface area (Å²) in [6, 6.07) is 3.29. The Hall–Kier alpha value is -3.13. The summed E-state index contributed by atoms with van der Waals surface area (Å²) in [5, 5.41) is 2.55. The molecule has 156 valence electrons. The van der Waals surface area contributed by atoms with Crippen LogP contribution in [0.25, 0.3) is 0 Å². The van der Waals surface area contributed by atoms with Crippen molar-refractivity contribution in [2.75, 3.05) is 26.7 Å². The summed E-state index contributed by atoms with van der Waals surface area (Å²) in [6.07, 6.45) is 9.02. The van der Waals surface area contributed by atoms with Crippen LogP contribution in [0.15, 0.2) is 51.6 Å². The highest BCUT2D eigenvalue weighted by Gasteiger charge is 2.27. The summed E-state index contributed by atoms with van der Waals surface area (Å²) in [5.41, 5.74) is 2.87. The molecule has 2 atom stereocenters. The Bertz CT molecular complexity index is 961. The van der Waals surface area contributed by atoms with E-state index >= 15 is 0 Å². The van der Waals surface area contributed by atoms with Crippen LogP contribution in [0, 0.1) is 0 Å². The van der Waals surface area contributed by atoms with E-state index < -0.39 is 0 Å². The number of dihydropyridines is 2. The van der Waals surface area contributed by atoms with Crippen LogP contribution >= 0.6 is 0 Å². The molecule has 1 aromatic rings. The molecule has 4 rings (SSSR count). The van der Waals surface area contributed by atoms with Crippen LogP contribution in [-0.4, -0.2) is 72.5 Å². The Morgan fingerprint density at radius 2 is 2.23 bits per heavy atom. The number of nitrogens with zero attached hydrogens (tertiary/aromatic N) is 4. The minimum Gasteiger partial charge on any atom is -0.487 e. The Kier molecular flexibility index (Phi) is 5.85. The number of rotatable bonds is 6. The molecule has 0 aliphatic carbocycles. The predicted octanol–water partition coefficient (Wildman–Crippen LogP) is 1.59. The lowest BCUT2D eigenvalue weighted by atomic mass is 9.98. The van der Waals surface area contributed by atoms with Gasteiger partial charge in [-0.3, -0.25) is 19.5 Å². The average molecular weight is 407 g/mol. The normalized spacial score (nSPS) is 23.4. The van der Waals surface area contributed by atoms with Crippen molar-refractivity contribution in [2.45, 2.75) is 31.9 Å². The summed E-state index contributed by atoms with van der Waals surface area (Å²) >= 11 is 0. The lowest BCUT2D eigenvalue weighted by molar-refractivity contribution is -0.114. The van der Waals surface area contributed by atoms with Gasteiger partial charge in [-0.15, -0.1) is 0 Å². The van der Waals surface area contributed by atoms with Crippen LogP contribution < -0.4 is 10.1 Å². The molecule has 0 aromatic carbocycles. The molecule has 1 aromatic heterocycles. The molecule has 0 radical (unpaired) electrons. The molecule has 2 amide bonds. The van der Waals surface area contributed by atoms with Gasteiger partial charge >= 0.3 is 0 Å². The highest BCUT2D eigenvalue weighted by molar-refractivity contribution is 6.16. The van der Waals surface area contributed by atoms with E-state index in [-0.39, 0.29) is 24.0 Å². The third kappa shape index (κ3) is 4.38. The van der Waals surface area contributed by atoms with E-state index in [2.05, 4.69) is 25.2 Å². The number of fused-ring (bicyclic) bond motifs is 1. The van der Waals surface area contributed by atoms with Crippen LogP contribution in [0.4, 0.5) is 0 Å². The number of hydrogen-bond acceptors (Lipinski definition) is 6. The van der Waals surface area contributed by atoms with Crippen molar-refractivity contribution in [3.8, 4) is 5.75 Å². The van der Waals surface area contributed by atoms with Gasteiger partial charge in [-0.25, -0.2) is 9.98 Å². The molecule has 1 unspecified atom stereocenters. The van der Waals surface area contributed by atoms with Gasteiger partial charge in [0.25, 0.3) is 11.8 Å². The van der Waals surface area contributed by atoms with Gasteiger partial charge < -0.3 is 10.1 Å². The van der Waals surface area contributed by atoms with Crippen molar-refractivity contribution in [3.05, 3.63) is 47.3 Å². The first kappa shape index (κ1) is 20.2. The molecule has 30 heavy (non-hydrogen) atoms. The number of aliphatic imine (C=N–C) groups is 2. The Morgan fingerprint density at radius 1 is 1.37 bits per heavy atom. The number of pyridine rings is 1. The third-order valence-electron chi connectivity index (χ3n) is 5.42. The first-order valence-electron chi connectivity index (χ1n) is 10.2. The van der Waals surface area contributed by atoms with Crippen molar-refractivity contribution in [3.63, 3.8) is 0 Å². The summed E-state index contributed by atoms with van der Waals surface area (Å²) in [5.74, 6) is 0.287. The summed E-state index contributed by atoms with van der Waals surface area (Å²) in [6.45, 7) is 4.39. The highest BCUT2D eigenvalue weighted by atomic mass is 16.5. The van der Waals surface area contributed by atoms with E-state index in [1.807, 2.05) is 25.3 Å². The van der Waals surface area contributed by atoms with Crippen LogP contribution in [0.3, 0.4) is 0 Å². The fourth-order valence-electron chi connectivity index (χ4n) is 3.80. The largest absolute Gasteiger partial charge is 0.487 e. The maximum absolute atomic E-state index is 12.0. The number of hydrogen-bond donors (Lipinski definition) is 1. The van der Waals surface area contributed by atoms with E-state index in [1.54, 1.807) is 25.4 Å². The van der Waals surface area contributed by atoms with Crippen LogP contribution in [-0.2, 0) is 4.79 Å². The van der Waals surface area contributed by atoms with Gasteiger partial charge in [0.05, 0.1) is 11.9 Å². The second-order valence-electron chi connectivity index (χ2n) is 7.55. The summed E-state index contributed by atoms with van der Waals surface area (Å²) in [7, 11) is 1.58. The number of ether oxygens (including phenoxy) is 1. The van der Waals surface area contributed by atoms with E-state index in [1.165, 1.54) is 0 Å². The second kappa shape index (κ2) is 8.71. The zero-order valence-electron chi connectivity index (χ0n) is 17.2. The molecule has 8 heteroatoms. The molecule has 3 aliphatic rings. The smallest absolute Gasteiger partial charge is 0.272 e. The molecule has 0 spiro atoms. The van der Waals surface area contributed by atoms with Gasteiger partial charge in [0, 0.05) is 38.5 Å². The molecule has 1 saturated heterocycles. The molecular weight excluding hydrogens is 382 g/mol. The maximum Gasteiger partial charge on any atom is 0.272 e. The van der Waals surface area contributed by atoms with Gasteiger partial charge in [-0.1, -0.05) is 6.92 Å². The minimum absolute atomic E-state index is 0.0650. The average Bonchev–Trinajstić information content (AvgIpc) is 3.19. The number of likely N-dealkylation sites (tertiary alicyclic amines) is 1. The number of amides is 2. The molecule has 1 N–H and O–H groups in total. The zero-order chi connectivity index (χ0) is 21.1. The Labute approximate surface area is 175 Å². The lowest BCUT2D eigenvalue weighted by Crippen LogP contribution is -2.30. The van der Waals surface area contributed by atoms with Crippen molar-refractivity contribution in [1.29, 1.82) is 0 Å². The monoisotopic (exact) mass is 407 g/mol. The lowest BCUT2D eigenvalue weighted by Gasteiger charge is -2.22. The van der Waals surface area contributed by atoms with Gasteiger partial charge in [0.15, 0.2) is 0 Å². The summed E-state index contributed by atoms with van der Waals surface area (Å²) < 4.78 is 6.02. The van der Waals surface area contributed by atoms with Crippen LogP contribution in [0.2, 0.25) is 0 Å². The molecular formula is C22H25N5O3.